The van der Waals surface area contributed by atoms with Gasteiger partial charge in [-0.05, 0) is 26.0 Å². The van der Waals surface area contributed by atoms with Gasteiger partial charge in [0, 0.05) is 36.5 Å². The summed E-state index contributed by atoms with van der Waals surface area (Å²) in [6.45, 7) is 4.43. The fourth-order valence-corrected chi connectivity index (χ4v) is 3.72. The van der Waals surface area contributed by atoms with E-state index in [9.17, 15) is 14.4 Å². The number of aryl methyl sites for hydroxylation is 2. The topological polar surface area (TPSA) is 91.4 Å². The molecule has 1 aromatic carbocycles. The van der Waals surface area contributed by atoms with Crippen LogP contribution >= 0.6 is 11.3 Å². The van der Waals surface area contributed by atoms with Gasteiger partial charge in [-0.15, -0.1) is 11.3 Å². The third-order valence-corrected chi connectivity index (χ3v) is 5.48. The molecule has 0 radical (unpaired) electrons. The Bertz CT molecular complexity index is 830. The van der Waals surface area contributed by atoms with Gasteiger partial charge in [0.15, 0.2) is 5.13 Å². The normalized spacial score (nSPS) is 16.4. The number of aromatic nitrogens is 1. The number of thiazole rings is 1. The van der Waals surface area contributed by atoms with Crippen LogP contribution in [0.3, 0.4) is 0 Å². The van der Waals surface area contributed by atoms with Gasteiger partial charge in [-0.1, -0.05) is 18.2 Å². The summed E-state index contributed by atoms with van der Waals surface area (Å²) in [4.78, 5) is 43.4. The monoisotopic (exact) mass is 386 g/mol. The molecular weight excluding hydrogens is 364 g/mol. The number of para-hydroxylation sites is 1. The molecule has 7 nitrogen and oxygen atoms in total. The molecule has 0 spiro atoms. The maximum atomic E-state index is 12.3. The molecule has 3 rings (SSSR count). The quantitative estimate of drug-likeness (QED) is 0.797. The number of carbonyl (C=O) groups is 3. The largest absolute Gasteiger partial charge is 0.355 e. The van der Waals surface area contributed by atoms with Gasteiger partial charge in [-0.3, -0.25) is 14.4 Å². The molecule has 27 heavy (non-hydrogen) atoms. The highest BCUT2D eigenvalue weighted by Gasteiger charge is 2.34. The van der Waals surface area contributed by atoms with Crippen LogP contribution < -0.4 is 15.5 Å². The summed E-state index contributed by atoms with van der Waals surface area (Å²) in [5.74, 6) is -0.855. The van der Waals surface area contributed by atoms with Crippen molar-refractivity contribution in [3.8, 4) is 0 Å². The second-order valence-electron chi connectivity index (χ2n) is 6.49. The maximum Gasteiger partial charge on any atom is 0.227 e. The van der Waals surface area contributed by atoms with Crippen molar-refractivity contribution in [1.29, 1.82) is 0 Å². The molecule has 0 bridgehead atoms. The van der Waals surface area contributed by atoms with E-state index in [-0.39, 0.29) is 37.1 Å². The zero-order valence-electron chi connectivity index (χ0n) is 15.3. The lowest BCUT2D eigenvalue weighted by molar-refractivity contribution is -0.126. The van der Waals surface area contributed by atoms with Gasteiger partial charge >= 0.3 is 0 Å². The zero-order valence-corrected chi connectivity index (χ0v) is 16.1. The molecule has 0 aliphatic carbocycles. The number of hydrogen-bond donors (Lipinski definition) is 2. The van der Waals surface area contributed by atoms with Crippen molar-refractivity contribution in [1.82, 2.24) is 10.3 Å². The van der Waals surface area contributed by atoms with E-state index in [0.717, 1.165) is 16.3 Å². The van der Waals surface area contributed by atoms with E-state index in [1.807, 2.05) is 44.2 Å². The van der Waals surface area contributed by atoms with E-state index in [1.54, 1.807) is 4.90 Å². The van der Waals surface area contributed by atoms with Crippen LogP contribution in [-0.4, -0.2) is 35.8 Å². The lowest BCUT2D eigenvalue weighted by Crippen LogP contribution is -2.34. The summed E-state index contributed by atoms with van der Waals surface area (Å²) in [5, 5.41) is 6.06. The first-order valence-electron chi connectivity index (χ1n) is 8.81. The molecule has 1 aliphatic heterocycles. The van der Waals surface area contributed by atoms with Crippen LogP contribution in [0, 0.1) is 19.8 Å². The van der Waals surface area contributed by atoms with Gasteiger partial charge < -0.3 is 15.5 Å². The van der Waals surface area contributed by atoms with Crippen molar-refractivity contribution in [2.24, 2.45) is 5.92 Å². The molecular formula is C19H22N4O3S. The molecule has 1 saturated heterocycles. The van der Waals surface area contributed by atoms with Gasteiger partial charge in [0.05, 0.1) is 11.6 Å². The van der Waals surface area contributed by atoms with Crippen molar-refractivity contribution in [3.05, 3.63) is 40.9 Å². The Labute approximate surface area is 161 Å². The molecule has 1 unspecified atom stereocenters. The highest BCUT2D eigenvalue weighted by molar-refractivity contribution is 7.15. The molecule has 2 aromatic rings. The third-order valence-electron chi connectivity index (χ3n) is 4.49. The highest BCUT2D eigenvalue weighted by atomic mass is 32.1. The minimum absolute atomic E-state index is 0.0615. The van der Waals surface area contributed by atoms with Crippen LogP contribution in [0.15, 0.2) is 30.3 Å². The van der Waals surface area contributed by atoms with Crippen molar-refractivity contribution in [2.45, 2.75) is 26.7 Å². The summed E-state index contributed by atoms with van der Waals surface area (Å²) in [6.07, 6.45) is 0.344. The number of anilines is 2. The Hall–Kier alpha value is -2.74. The van der Waals surface area contributed by atoms with Gasteiger partial charge in [-0.2, -0.15) is 0 Å². The third kappa shape index (κ3) is 4.71. The number of amides is 3. The van der Waals surface area contributed by atoms with E-state index in [1.165, 1.54) is 11.3 Å². The number of nitrogens with one attached hydrogen (secondary N) is 2. The fourth-order valence-electron chi connectivity index (χ4n) is 2.89. The Kier molecular flexibility index (Phi) is 5.85. The minimum atomic E-state index is -0.398. The number of hydrogen-bond acceptors (Lipinski definition) is 5. The summed E-state index contributed by atoms with van der Waals surface area (Å²) in [7, 11) is 0. The predicted molar refractivity (Wildman–Crippen MR) is 105 cm³/mol. The summed E-state index contributed by atoms with van der Waals surface area (Å²) in [6, 6.07) is 9.31. The number of carbonyl (C=O) groups excluding carboxylic acids is 3. The van der Waals surface area contributed by atoms with Crippen LogP contribution in [0.1, 0.15) is 23.4 Å². The Morgan fingerprint density at radius 2 is 2.00 bits per heavy atom. The van der Waals surface area contributed by atoms with Crippen molar-refractivity contribution >= 4 is 39.9 Å². The molecule has 1 aromatic heterocycles. The lowest BCUT2D eigenvalue weighted by atomic mass is 10.1. The average Bonchev–Trinajstić information content (AvgIpc) is 3.18. The van der Waals surface area contributed by atoms with E-state index in [4.69, 9.17) is 0 Å². The van der Waals surface area contributed by atoms with E-state index < -0.39 is 5.92 Å². The number of nitrogens with zero attached hydrogens (tertiary/aromatic N) is 2. The molecule has 0 saturated carbocycles. The molecule has 1 atom stereocenters. The predicted octanol–water partition coefficient (Wildman–Crippen LogP) is 2.26. The summed E-state index contributed by atoms with van der Waals surface area (Å²) >= 11 is 1.43. The van der Waals surface area contributed by atoms with E-state index in [2.05, 4.69) is 15.6 Å². The minimum Gasteiger partial charge on any atom is -0.355 e. The van der Waals surface area contributed by atoms with Crippen LogP contribution in [0.2, 0.25) is 0 Å². The highest BCUT2D eigenvalue weighted by Crippen LogP contribution is 2.25. The van der Waals surface area contributed by atoms with Crippen molar-refractivity contribution < 1.29 is 14.4 Å². The lowest BCUT2D eigenvalue weighted by Gasteiger charge is -2.16. The zero-order chi connectivity index (χ0) is 19.4. The van der Waals surface area contributed by atoms with E-state index >= 15 is 0 Å². The first kappa shape index (κ1) is 19.0. The Morgan fingerprint density at radius 1 is 1.26 bits per heavy atom. The summed E-state index contributed by atoms with van der Waals surface area (Å²) in [5.41, 5.74) is 1.70. The van der Waals surface area contributed by atoms with Gasteiger partial charge in [-0.25, -0.2) is 4.98 Å². The van der Waals surface area contributed by atoms with Gasteiger partial charge in [0.2, 0.25) is 17.7 Å². The first-order chi connectivity index (χ1) is 12.9. The van der Waals surface area contributed by atoms with Crippen LogP contribution in [0.25, 0.3) is 0 Å². The van der Waals surface area contributed by atoms with Crippen LogP contribution in [0.4, 0.5) is 10.8 Å². The summed E-state index contributed by atoms with van der Waals surface area (Å²) < 4.78 is 0. The molecule has 1 aliphatic rings. The van der Waals surface area contributed by atoms with Crippen LogP contribution in [0.5, 0.6) is 0 Å². The molecule has 8 heteroatoms. The van der Waals surface area contributed by atoms with Crippen molar-refractivity contribution in [2.75, 3.05) is 23.3 Å². The van der Waals surface area contributed by atoms with Gasteiger partial charge in [0.25, 0.3) is 0 Å². The van der Waals surface area contributed by atoms with E-state index in [0.29, 0.717) is 11.7 Å². The molecule has 3 amide bonds. The maximum absolute atomic E-state index is 12.3. The SMILES string of the molecule is Cc1nc(NC(=O)CCNC(=O)C2CC(=O)N(c3ccccc3)C2)sc1C. The van der Waals surface area contributed by atoms with Crippen LogP contribution in [-0.2, 0) is 14.4 Å². The standard InChI is InChI=1S/C19H22N4O3S/c1-12-13(2)27-19(21-12)22-16(24)8-9-20-18(26)14-10-17(25)23(11-14)15-6-4-3-5-7-15/h3-7,14H,8-11H2,1-2H3,(H,20,26)(H,21,22,24). The first-order valence-corrected chi connectivity index (χ1v) is 9.62. The molecule has 1 fully saturated rings. The van der Waals surface area contributed by atoms with Gasteiger partial charge in [0.1, 0.15) is 0 Å². The molecule has 142 valence electrons. The Morgan fingerprint density at radius 3 is 2.67 bits per heavy atom. The number of rotatable bonds is 6. The average molecular weight is 386 g/mol. The Balaban J connectivity index is 1.44. The fraction of sp³-hybridized carbons (Fsp3) is 0.368. The number of benzene rings is 1. The molecule has 2 heterocycles. The second kappa shape index (κ2) is 8.30. The second-order valence-corrected chi connectivity index (χ2v) is 7.69. The molecule has 2 N–H and O–H groups in total. The van der Waals surface area contributed by atoms with Crippen molar-refractivity contribution in [3.63, 3.8) is 0 Å². The smallest absolute Gasteiger partial charge is 0.227 e.